The van der Waals surface area contributed by atoms with Crippen LogP contribution in [0.1, 0.15) is 56.5 Å². The molecule has 0 aliphatic rings. The van der Waals surface area contributed by atoms with E-state index in [1.807, 2.05) is 0 Å². The molecule has 0 unspecified atom stereocenters. The molecule has 2 aromatic rings. The molecule has 2 rings (SSSR count). The van der Waals surface area contributed by atoms with Crippen molar-refractivity contribution in [2.75, 3.05) is 19.8 Å². The fraction of sp³-hybridized carbons (Fsp3) is 0.375. The van der Waals surface area contributed by atoms with Gasteiger partial charge in [-0.15, -0.1) is 0 Å². The lowest BCUT2D eigenvalue weighted by Gasteiger charge is -2.23. The van der Waals surface area contributed by atoms with Crippen LogP contribution in [0.3, 0.4) is 0 Å². The van der Waals surface area contributed by atoms with Crippen LogP contribution >= 0.6 is 0 Å². The molecule has 0 saturated heterocycles. The Bertz CT molecular complexity index is 1100. The van der Waals surface area contributed by atoms with E-state index < -0.39 is 41.3 Å². The average molecular weight is 474 g/mol. The highest BCUT2D eigenvalue weighted by atomic mass is 16.6. The summed E-state index contributed by atoms with van der Waals surface area (Å²) in [6.45, 7) is 6.60. The summed E-state index contributed by atoms with van der Waals surface area (Å²) in [5.41, 5.74) is -0.793. The Morgan fingerprint density at radius 1 is 0.706 bits per heavy atom. The molecule has 182 valence electrons. The first-order valence-electron chi connectivity index (χ1n) is 10.6. The number of esters is 5. The second-order valence-electron chi connectivity index (χ2n) is 6.84. The van der Waals surface area contributed by atoms with Crippen LogP contribution in [0.25, 0.3) is 10.8 Å². The third kappa shape index (κ3) is 5.69. The van der Waals surface area contributed by atoms with E-state index in [9.17, 15) is 24.0 Å². The molecule has 0 heterocycles. The Morgan fingerprint density at radius 2 is 1.15 bits per heavy atom. The van der Waals surface area contributed by atoms with Gasteiger partial charge in [0.2, 0.25) is 0 Å². The molecule has 0 amide bonds. The number of ether oxygens (including phenoxy) is 5. The van der Waals surface area contributed by atoms with Crippen molar-refractivity contribution < 1.29 is 47.7 Å². The second kappa shape index (κ2) is 11.8. The summed E-state index contributed by atoms with van der Waals surface area (Å²) in [5, 5.41) is 0.419. The largest absolute Gasteiger partial charge is 0.465 e. The molecule has 0 fully saturated rings. The van der Waals surface area contributed by atoms with Crippen molar-refractivity contribution >= 4 is 40.6 Å². The molecule has 0 bridgehead atoms. The summed E-state index contributed by atoms with van der Waals surface area (Å²) in [7, 11) is 0. The molecule has 0 atom stereocenters. The van der Waals surface area contributed by atoms with Crippen LogP contribution < -0.4 is 9.47 Å². The minimum Gasteiger partial charge on any atom is -0.465 e. The van der Waals surface area contributed by atoms with E-state index in [4.69, 9.17) is 23.7 Å². The maximum absolute atomic E-state index is 13.2. The van der Waals surface area contributed by atoms with Crippen molar-refractivity contribution in [3.63, 3.8) is 0 Å². The highest BCUT2D eigenvalue weighted by Gasteiger charge is 2.41. The van der Waals surface area contributed by atoms with Gasteiger partial charge in [0.25, 0.3) is 0 Å². The Balaban J connectivity index is 3.15. The van der Waals surface area contributed by atoms with E-state index in [2.05, 4.69) is 0 Å². The van der Waals surface area contributed by atoms with Crippen LogP contribution in [0.2, 0.25) is 0 Å². The Morgan fingerprint density at radius 3 is 1.59 bits per heavy atom. The first-order valence-corrected chi connectivity index (χ1v) is 10.6. The molecule has 2 aromatic carbocycles. The van der Waals surface area contributed by atoms with Gasteiger partial charge in [0.15, 0.2) is 11.7 Å². The average Bonchev–Trinajstić information content (AvgIpc) is 2.76. The van der Waals surface area contributed by atoms with Crippen LogP contribution in [0.5, 0.6) is 11.5 Å². The van der Waals surface area contributed by atoms with Crippen LogP contribution in [-0.2, 0) is 33.4 Å². The van der Waals surface area contributed by atoms with E-state index in [1.165, 1.54) is 26.0 Å². The maximum atomic E-state index is 13.2. The Hall–Kier alpha value is -3.95. The molecular formula is C24H26O10. The molecule has 0 aliphatic carbocycles. The third-order valence-corrected chi connectivity index (χ3v) is 4.46. The van der Waals surface area contributed by atoms with Crippen molar-refractivity contribution in [1.82, 2.24) is 0 Å². The number of hydrogen-bond donors (Lipinski definition) is 0. The van der Waals surface area contributed by atoms with Crippen molar-refractivity contribution in [3.8, 4) is 11.5 Å². The number of hydrogen-bond acceptors (Lipinski definition) is 10. The topological polar surface area (TPSA) is 132 Å². The van der Waals surface area contributed by atoms with Crippen molar-refractivity contribution in [2.45, 2.75) is 40.5 Å². The zero-order valence-electron chi connectivity index (χ0n) is 19.6. The number of carbonyl (C=O) groups excluding carboxylic acids is 5. The lowest BCUT2D eigenvalue weighted by Crippen LogP contribution is -2.29. The molecule has 0 spiro atoms. The molecule has 10 nitrogen and oxygen atoms in total. The van der Waals surface area contributed by atoms with Crippen molar-refractivity contribution in [3.05, 3.63) is 35.4 Å². The first-order chi connectivity index (χ1) is 16.2. The van der Waals surface area contributed by atoms with Crippen LogP contribution in [-0.4, -0.2) is 49.7 Å². The van der Waals surface area contributed by atoms with Gasteiger partial charge in [-0.25, -0.2) is 4.79 Å². The summed E-state index contributed by atoms with van der Waals surface area (Å²) in [5.74, 6) is -7.02. The SMILES string of the molecule is CCOC(=O)c1c(C(C(=O)OCC)C(=O)OCC)c(OC(C)=O)c2ccccc2c1OC(C)=O. The van der Waals surface area contributed by atoms with Gasteiger partial charge in [0.1, 0.15) is 11.3 Å². The van der Waals surface area contributed by atoms with Crippen molar-refractivity contribution in [2.24, 2.45) is 0 Å². The molecule has 0 radical (unpaired) electrons. The standard InChI is InChI=1S/C24H26O10/c1-6-30-22(27)18-17(19(23(28)31-7-2)24(29)32-8-3)20(33-13(4)25)15-11-9-10-12-16(15)21(18)34-14(5)26/h9-12,19H,6-8H2,1-5H3. The lowest BCUT2D eigenvalue weighted by molar-refractivity contribution is -0.157. The quantitative estimate of drug-likeness (QED) is 0.231. The van der Waals surface area contributed by atoms with Gasteiger partial charge in [-0.2, -0.15) is 0 Å². The number of carbonyl (C=O) groups is 5. The van der Waals surface area contributed by atoms with Crippen LogP contribution in [0.15, 0.2) is 24.3 Å². The number of fused-ring (bicyclic) bond motifs is 1. The van der Waals surface area contributed by atoms with Gasteiger partial charge in [-0.05, 0) is 20.8 Å². The second-order valence-corrected chi connectivity index (χ2v) is 6.84. The predicted octanol–water partition coefficient (Wildman–Crippen LogP) is 3.08. The highest BCUT2D eigenvalue weighted by molar-refractivity contribution is 6.12. The van der Waals surface area contributed by atoms with Gasteiger partial charge in [0, 0.05) is 30.2 Å². The van der Waals surface area contributed by atoms with E-state index >= 15 is 0 Å². The highest BCUT2D eigenvalue weighted by Crippen LogP contribution is 2.45. The fourth-order valence-corrected chi connectivity index (χ4v) is 3.36. The molecular weight excluding hydrogens is 448 g/mol. The van der Waals surface area contributed by atoms with Gasteiger partial charge >= 0.3 is 29.8 Å². The minimum atomic E-state index is -1.84. The van der Waals surface area contributed by atoms with E-state index in [0.717, 1.165) is 13.8 Å². The van der Waals surface area contributed by atoms with E-state index in [-0.39, 0.29) is 47.7 Å². The molecule has 34 heavy (non-hydrogen) atoms. The molecule has 10 heteroatoms. The lowest BCUT2D eigenvalue weighted by atomic mass is 9.88. The zero-order chi connectivity index (χ0) is 25.4. The van der Waals surface area contributed by atoms with Crippen LogP contribution in [0.4, 0.5) is 0 Å². The minimum absolute atomic E-state index is 0.0724. The molecule has 0 N–H and O–H groups in total. The normalized spacial score (nSPS) is 10.5. The van der Waals surface area contributed by atoms with Gasteiger partial charge in [-0.3, -0.25) is 19.2 Å². The van der Waals surface area contributed by atoms with Gasteiger partial charge < -0.3 is 23.7 Å². The first kappa shape index (κ1) is 26.3. The molecule has 0 aliphatic heterocycles. The number of benzene rings is 2. The fourth-order valence-electron chi connectivity index (χ4n) is 3.36. The summed E-state index contributed by atoms with van der Waals surface area (Å²) >= 11 is 0. The Labute approximate surface area is 196 Å². The summed E-state index contributed by atoms with van der Waals surface area (Å²) < 4.78 is 26.1. The van der Waals surface area contributed by atoms with E-state index in [1.54, 1.807) is 19.1 Å². The zero-order valence-corrected chi connectivity index (χ0v) is 19.6. The van der Waals surface area contributed by atoms with Gasteiger partial charge in [0.05, 0.1) is 19.8 Å². The number of rotatable bonds is 9. The summed E-state index contributed by atoms with van der Waals surface area (Å²) in [6, 6.07) is 6.25. The molecule has 0 saturated carbocycles. The summed E-state index contributed by atoms with van der Waals surface area (Å²) in [6.07, 6.45) is 0. The van der Waals surface area contributed by atoms with Gasteiger partial charge in [-0.1, -0.05) is 24.3 Å². The monoisotopic (exact) mass is 474 g/mol. The Kier molecular flexibility index (Phi) is 9.11. The smallest absolute Gasteiger partial charge is 0.342 e. The van der Waals surface area contributed by atoms with Crippen molar-refractivity contribution in [1.29, 1.82) is 0 Å². The molecule has 0 aromatic heterocycles. The van der Waals surface area contributed by atoms with Crippen LogP contribution in [0, 0.1) is 0 Å². The third-order valence-electron chi connectivity index (χ3n) is 4.46. The summed E-state index contributed by atoms with van der Waals surface area (Å²) in [4.78, 5) is 63.1. The predicted molar refractivity (Wildman–Crippen MR) is 119 cm³/mol. The maximum Gasteiger partial charge on any atom is 0.342 e. The van der Waals surface area contributed by atoms with E-state index in [0.29, 0.717) is 0 Å².